The van der Waals surface area contributed by atoms with Crippen molar-refractivity contribution >= 4 is 12.3 Å². The molecule has 19 heavy (non-hydrogen) atoms. The van der Waals surface area contributed by atoms with Gasteiger partial charge < -0.3 is 9.53 Å². The number of hydrogen-bond acceptors (Lipinski definition) is 4. The van der Waals surface area contributed by atoms with Crippen molar-refractivity contribution in [2.45, 2.75) is 38.8 Å². The molecule has 0 heterocycles. The fourth-order valence-electron chi connectivity index (χ4n) is 1.63. The highest BCUT2D eigenvalue weighted by Crippen LogP contribution is 2.06. The van der Waals surface area contributed by atoms with Crippen molar-refractivity contribution in [2.75, 3.05) is 6.54 Å². The lowest BCUT2D eigenvalue weighted by Crippen LogP contribution is -2.39. The fourth-order valence-corrected chi connectivity index (χ4v) is 1.63. The van der Waals surface area contributed by atoms with Gasteiger partial charge in [0.05, 0.1) is 12.6 Å². The van der Waals surface area contributed by atoms with E-state index in [9.17, 15) is 9.59 Å². The van der Waals surface area contributed by atoms with Crippen molar-refractivity contribution < 1.29 is 14.3 Å². The molecule has 0 aliphatic heterocycles. The van der Waals surface area contributed by atoms with E-state index in [1.807, 2.05) is 51.1 Å². The summed E-state index contributed by atoms with van der Waals surface area (Å²) in [5, 5.41) is 2.90. The number of esters is 1. The Hall–Kier alpha value is -1.68. The van der Waals surface area contributed by atoms with Gasteiger partial charge in [-0.15, -0.1) is 0 Å². The molecule has 1 aromatic carbocycles. The van der Waals surface area contributed by atoms with Gasteiger partial charge in [0.1, 0.15) is 11.9 Å². The molecule has 0 unspecified atom stereocenters. The van der Waals surface area contributed by atoms with Crippen LogP contribution in [0.4, 0.5) is 0 Å². The number of carbonyl (C=O) groups excluding carboxylic acids is 2. The highest BCUT2D eigenvalue weighted by molar-refractivity contribution is 5.73. The Labute approximate surface area is 114 Å². The molecule has 0 saturated carbocycles. The molecule has 0 radical (unpaired) electrons. The lowest BCUT2D eigenvalue weighted by molar-refractivity contribution is -0.153. The molecule has 0 saturated heterocycles. The van der Waals surface area contributed by atoms with E-state index >= 15 is 0 Å². The number of rotatable bonds is 6. The van der Waals surface area contributed by atoms with Crippen LogP contribution in [0.2, 0.25) is 0 Å². The van der Waals surface area contributed by atoms with E-state index in [1.165, 1.54) is 0 Å². The van der Waals surface area contributed by atoms with Crippen LogP contribution < -0.4 is 5.32 Å². The smallest absolute Gasteiger partial charge is 0.320 e. The molecular weight excluding hydrogens is 242 g/mol. The maximum atomic E-state index is 11.5. The van der Waals surface area contributed by atoms with Gasteiger partial charge in [-0.25, -0.2) is 0 Å². The first-order valence-electron chi connectivity index (χ1n) is 6.35. The molecule has 4 heteroatoms. The highest BCUT2D eigenvalue weighted by Gasteiger charge is 2.17. The predicted molar refractivity (Wildman–Crippen MR) is 73.8 cm³/mol. The average Bonchev–Trinajstić information content (AvgIpc) is 2.33. The Bertz CT molecular complexity index is 409. The maximum absolute atomic E-state index is 11.5. The first-order chi connectivity index (χ1) is 8.90. The molecule has 4 nitrogen and oxygen atoms in total. The fraction of sp³-hybridized carbons (Fsp3) is 0.467. The minimum atomic E-state index is -0.505. The third kappa shape index (κ3) is 6.72. The van der Waals surface area contributed by atoms with Gasteiger partial charge in [-0.05, 0) is 32.8 Å². The summed E-state index contributed by atoms with van der Waals surface area (Å²) in [5.41, 5.74) is 0.547. The zero-order chi connectivity index (χ0) is 14.3. The molecule has 1 rings (SSSR count). The summed E-state index contributed by atoms with van der Waals surface area (Å²) in [5.74, 6) is -0.354. The highest BCUT2D eigenvalue weighted by atomic mass is 16.6. The number of benzene rings is 1. The summed E-state index contributed by atoms with van der Waals surface area (Å²) in [6, 6.07) is 9.29. The Kier molecular flexibility index (Phi) is 5.70. The van der Waals surface area contributed by atoms with Crippen LogP contribution in [0.15, 0.2) is 30.3 Å². The largest absolute Gasteiger partial charge is 0.459 e. The van der Waals surface area contributed by atoms with Gasteiger partial charge in [0.15, 0.2) is 0 Å². The van der Waals surface area contributed by atoms with Crippen LogP contribution >= 0.6 is 0 Å². The minimum absolute atomic E-state index is 0.0352. The van der Waals surface area contributed by atoms with Crippen LogP contribution in [-0.4, -0.2) is 30.4 Å². The molecule has 0 aliphatic rings. The molecule has 0 aromatic heterocycles. The quantitative estimate of drug-likeness (QED) is 0.627. The summed E-state index contributed by atoms with van der Waals surface area (Å²) in [7, 11) is 0. The zero-order valence-electron chi connectivity index (χ0n) is 11.7. The van der Waals surface area contributed by atoms with Crippen molar-refractivity contribution in [1.29, 1.82) is 0 Å². The van der Waals surface area contributed by atoms with Crippen molar-refractivity contribution in [3.8, 4) is 0 Å². The van der Waals surface area contributed by atoms with Crippen LogP contribution in [0, 0.1) is 0 Å². The number of ether oxygens (including phenoxy) is 1. The number of carbonyl (C=O) groups is 2. The van der Waals surface area contributed by atoms with Crippen LogP contribution in [0.1, 0.15) is 26.3 Å². The van der Waals surface area contributed by atoms with Crippen molar-refractivity contribution in [3.63, 3.8) is 0 Å². The molecule has 0 spiro atoms. The van der Waals surface area contributed by atoms with Gasteiger partial charge in [-0.2, -0.15) is 0 Å². The van der Waals surface area contributed by atoms with E-state index in [2.05, 4.69) is 5.32 Å². The molecule has 1 atom stereocenters. The summed E-state index contributed by atoms with van der Waals surface area (Å²) < 4.78 is 5.17. The summed E-state index contributed by atoms with van der Waals surface area (Å²) in [6.07, 6.45) is 1.38. The maximum Gasteiger partial charge on any atom is 0.320 e. The molecule has 0 aliphatic carbocycles. The Morgan fingerprint density at radius 1 is 1.32 bits per heavy atom. The second-order valence-corrected chi connectivity index (χ2v) is 5.40. The van der Waals surface area contributed by atoms with E-state index in [1.54, 1.807) is 0 Å². The average molecular weight is 263 g/mol. The number of aldehydes is 1. The van der Waals surface area contributed by atoms with Gasteiger partial charge in [0.25, 0.3) is 0 Å². The number of nitrogens with one attached hydrogen (secondary N) is 1. The summed E-state index contributed by atoms with van der Waals surface area (Å²) >= 11 is 0. The number of hydrogen-bond donors (Lipinski definition) is 1. The van der Waals surface area contributed by atoms with Gasteiger partial charge >= 0.3 is 5.97 Å². The Balaban J connectivity index is 2.41. The Morgan fingerprint density at radius 3 is 2.47 bits per heavy atom. The zero-order valence-corrected chi connectivity index (χ0v) is 11.7. The molecule has 0 bridgehead atoms. The van der Waals surface area contributed by atoms with Crippen LogP contribution in [0.5, 0.6) is 0 Å². The van der Waals surface area contributed by atoms with Crippen molar-refractivity contribution in [1.82, 2.24) is 5.32 Å². The van der Waals surface area contributed by atoms with E-state index in [4.69, 9.17) is 4.74 Å². The lowest BCUT2D eigenvalue weighted by atomic mass is 10.1. The summed E-state index contributed by atoms with van der Waals surface area (Å²) in [4.78, 5) is 22.5. The standard InChI is InChI=1S/C15H21NO3/c1-15(2,3)19-14(18)10-16-13(11-17)9-12-7-5-4-6-8-12/h4-8,11,13,16H,9-10H2,1-3H3/t13-/m1/s1. The lowest BCUT2D eigenvalue weighted by Gasteiger charge is -2.20. The first-order valence-corrected chi connectivity index (χ1v) is 6.35. The third-order valence-corrected chi connectivity index (χ3v) is 2.39. The Morgan fingerprint density at radius 2 is 1.95 bits per heavy atom. The van der Waals surface area contributed by atoms with Crippen LogP contribution in [0.3, 0.4) is 0 Å². The van der Waals surface area contributed by atoms with Crippen molar-refractivity contribution in [3.05, 3.63) is 35.9 Å². The van der Waals surface area contributed by atoms with Gasteiger partial charge in [-0.3, -0.25) is 10.1 Å². The second kappa shape index (κ2) is 7.04. The normalized spacial score (nSPS) is 12.8. The van der Waals surface area contributed by atoms with Gasteiger partial charge in [0, 0.05) is 0 Å². The minimum Gasteiger partial charge on any atom is -0.459 e. The molecule has 0 amide bonds. The van der Waals surface area contributed by atoms with Gasteiger partial charge in [0.2, 0.25) is 0 Å². The van der Waals surface area contributed by atoms with E-state index in [-0.39, 0.29) is 18.6 Å². The third-order valence-electron chi connectivity index (χ3n) is 2.39. The van der Waals surface area contributed by atoms with E-state index < -0.39 is 5.60 Å². The molecular formula is C15H21NO3. The first kappa shape index (κ1) is 15.4. The van der Waals surface area contributed by atoms with Gasteiger partial charge in [-0.1, -0.05) is 30.3 Å². The van der Waals surface area contributed by atoms with Crippen LogP contribution in [0.25, 0.3) is 0 Å². The summed E-state index contributed by atoms with van der Waals surface area (Å²) in [6.45, 7) is 5.47. The molecule has 104 valence electrons. The predicted octanol–water partition coefficient (Wildman–Crippen LogP) is 1.73. The topological polar surface area (TPSA) is 55.4 Å². The van der Waals surface area contributed by atoms with E-state index in [0.717, 1.165) is 11.8 Å². The van der Waals surface area contributed by atoms with Crippen LogP contribution in [-0.2, 0) is 20.7 Å². The molecule has 1 N–H and O–H groups in total. The SMILES string of the molecule is CC(C)(C)OC(=O)CN[C@@H](C=O)Cc1ccccc1. The second-order valence-electron chi connectivity index (χ2n) is 5.40. The van der Waals surface area contributed by atoms with E-state index in [0.29, 0.717) is 6.42 Å². The molecule has 0 fully saturated rings. The molecule has 1 aromatic rings. The monoisotopic (exact) mass is 263 g/mol. The van der Waals surface area contributed by atoms with Crippen molar-refractivity contribution in [2.24, 2.45) is 0 Å².